The SMILES string of the molecule is COc1ccc(Oc2cc(S(N)(=O)=O)ccc2N)c(Br)c1. The Kier molecular flexibility index (Phi) is 4.40. The van der Waals surface area contributed by atoms with E-state index in [1.807, 2.05) is 0 Å². The van der Waals surface area contributed by atoms with Crippen LogP contribution in [0.1, 0.15) is 0 Å². The zero-order chi connectivity index (χ0) is 15.6. The summed E-state index contributed by atoms with van der Waals surface area (Å²) in [6, 6.07) is 9.12. The molecule has 0 aliphatic heterocycles. The van der Waals surface area contributed by atoms with Crippen molar-refractivity contribution in [1.29, 1.82) is 0 Å². The lowest BCUT2D eigenvalue weighted by atomic mass is 10.3. The number of anilines is 1. The third-order valence-corrected chi connectivity index (χ3v) is 4.20. The average Bonchev–Trinajstić information content (AvgIpc) is 2.42. The van der Waals surface area contributed by atoms with Crippen LogP contribution in [0.4, 0.5) is 5.69 Å². The molecule has 2 aromatic rings. The van der Waals surface area contributed by atoms with Crippen LogP contribution < -0.4 is 20.3 Å². The maximum Gasteiger partial charge on any atom is 0.238 e. The van der Waals surface area contributed by atoms with E-state index in [0.717, 1.165) is 0 Å². The van der Waals surface area contributed by atoms with Gasteiger partial charge in [-0.3, -0.25) is 0 Å². The van der Waals surface area contributed by atoms with Gasteiger partial charge in [-0.05, 0) is 46.3 Å². The summed E-state index contributed by atoms with van der Waals surface area (Å²) >= 11 is 3.34. The van der Waals surface area contributed by atoms with Gasteiger partial charge in [-0.25, -0.2) is 13.6 Å². The molecule has 0 saturated heterocycles. The van der Waals surface area contributed by atoms with Crippen molar-refractivity contribution in [3.05, 3.63) is 40.9 Å². The highest BCUT2D eigenvalue weighted by Crippen LogP contribution is 2.35. The molecule has 0 atom stereocenters. The minimum atomic E-state index is -3.82. The fraction of sp³-hybridized carbons (Fsp3) is 0.0769. The molecule has 0 aliphatic carbocycles. The smallest absolute Gasteiger partial charge is 0.238 e. The average molecular weight is 373 g/mol. The Bertz CT molecular complexity index is 778. The molecule has 0 saturated carbocycles. The maximum absolute atomic E-state index is 11.4. The van der Waals surface area contributed by atoms with Crippen LogP contribution in [0.25, 0.3) is 0 Å². The monoisotopic (exact) mass is 372 g/mol. The van der Waals surface area contributed by atoms with Gasteiger partial charge in [-0.2, -0.15) is 0 Å². The number of ether oxygens (including phenoxy) is 2. The van der Waals surface area contributed by atoms with Gasteiger partial charge in [-0.15, -0.1) is 0 Å². The lowest BCUT2D eigenvalue weighted by Crippen LogP contribution is -2.12. The van der Waals surface area contributed by atoms with E-state index < -0.39 is 10.0 Å². The Morgan fingerprint density at radius 1 is 1.10 bits per heavy atom. The highest BCUT2D eigenvalue weighted by molar-refractivity contribution is 9.10. The molecule has 6 nitrogen and oxygen atoms in total. The Labute approximate surface area is 130 Å². The molecule has 0 heterocycles. The molecule has 4 N–H and O–H groups in total. The highest BCUT2D eigenvalue weighted by atomic mass is 79.9. The van der Waals surface area contributed by atoms with E-state index in [1.165, 1.54) is 18.2 Å². The number of sulfonamides is 1. The first kappa shape index (κ1) is 15.6. The minimum Gasteiger partial charge on any atom is -0.497 e. The van der Waals surface area contributed by atoms with Crippen molar-refractivity contribution in [2.45, 2.75) is 4.90 Å². The predicted octanol–water partition coefficient (Wildman–Crippen LogP) is 2.48. The molecule has 8 heteroatoms. The number of hydrogen-bond donors (Lipinski definition) is 2. The first-order valence-corrected chi connectivity index (χ1v) is 8.09. The van der Waals surface area contributed by atoms with Crippen LogP contribution in [0, 0.1) is 0 Å². The molecule has 2 rings (SSSR count). The number of benzene rings is 2. The molecule has 21 heavy (non-hydrogen) atoms. The number of nitrogen functional groups attached to an aromatic ring is 1. The summed E-state index contributed by atoms with van der Waals surface area (Å²) in [6.07, 6.45) is 0. The summed E-state index contributed by atoms with van der Waals surface area (Å²) in [6.45, 7) is 0. The van der Waals surface area contributed by atoms with E-state index in [9.17, 15) is 8.42 Å². The van der Waals surface area contributed by atoms with E-state index in [0.29, 0.717) is 21.7 Å². The second-order valence-corrected chi connectivity index (χ2v) is 6.56. The molecule has 0 radical (unpaired) electrons. The van der Waals surface area contributed by atoms with E-state index in [4.69, 9.17) is 20.3 Å². The quantitative estimate of drug-likeness (QED) is 0.802. The predicted molar refractivity (Wildman–Crippen MR) is 83.0 cm³/mol. The van der Waals surface area contributed by atoms with Gasteiger partial charge in [0.05, 0.1) is 22.2 Å². The zero-order valence-corrected chi connectivity index (χ0v) is 13.4. The summed E-state index contributed by atoms with van der Waals surface area (Å²) in [5.41, 5.74) is 6.08. The van der Waals surface area contributed by atoms with Gasteiger partial charge in [0.15, 0.2) is 5.75 Å². The zero-order valence-electron chi connectivity index (χ0n) is 11.0. The van der Waals surface area contributed by atoms with E-state index >= 15 is 0 Å². The lowest BCUT2D eigenvalue weighted by Gasteiger charge is -2.12. The maximum atomic E-state index is 11.4. The Morgan fingerprint density at radius 2 is 1.81 bits per heavy atom. The van der Waals surface area contributed by atoms with Crippen LogP contribution in [0.3, 0.4) is 0 Å². The third-order valence-electron chi connectivity index (χ3n) is 2.67. The first-order valence-electron chi connectivity index (χ1n) is 5.75. The molecule has 0 fully saturated rings. The van der Waals surface area contributed by atoms with Crippen LogP contribution >= 0.6 is 15.9 Å². The topological polar surface area (TPSA) is 105 Å². The number of nitrogens with two attached hydrogens (primary N) is 2. The number of rotatable bonds is 4. The van der Waals surface area contributed by atoms with E-state index in [-0.39, 0.29) is 10.6 Å². The summed E-state index contributed by atoms with van der Waals surface area (Å²) in [5, 5.41) is 5.09. The van der Waals surface area contributed by atoms with Gasteiger partial charge < -0.3 is 15.2 Å². The van der Waals surface area contributed by atoms with Gasteiger partial charge in [0.25, 0.3) is 0 Å². The lowest BCUT2D eigenvalue weighted by molar-refractivity contribution is 0.412. The Morgan fingerprint density at radius 3 is 2.38 bits per heavy atom. The van der Waals surface area contributed by atoms with Crippen LogP contribution in [0.15, 0.2) is 45.8 Å². The molecule has 0 unspecified atom stereocenters. The number of halogens is 1. The van der Waals surface area contributed by atoms with Gasteiger partial charge in [0.2, 0.25) is 10.0 Å². The van der Waals surface area contributed by atoms with E-state index in [1.54, 1.807) is 25.3 Å². The van der Waals surface area contributed by atoms with Crippen LogP contribution in [0.2, 0.25) is 0 Å². The second kappa shape index (κ2) is 5.92. The van der Waals surface area contributed by atoms with Crippen molar-refractivity contribution in [1.82, 2.24) is 0 Å². The Balaban J connectivity index is 2.40. The van der Waals surface area contributed by atoms with Crippen LogP contribution in [-0.2, 0) is 10.0 Å². The Hall–Kier alpha value is -1.77. The van der Waals surface area contributed by atoms with Crippen molar-refractivity contribution in [2.24, 2.45) is 5.14 Å². The molecule has 0 aliphatic rings. The minimum absolute atomic E-state index is 0.0728. The molecule has 2 aromatic carbocycles. The fourth-order valence-corrected chi connectivity index (χ4v) is 2.56. The molecule has 0 spiro atoms. The van der Waals surface area contributed by atoms with Gasteiger partial charge in [-0.1, -0.05) is 0 Å². The fourth-order valence-electron chi connectivity index (χ4n) is 1.59. The molecule has 112 valence electrons. The van der Waals surface area contributed by atoms with E-state index in [2.05, 4.69) is 15.9 Å². The van der Waals surface area contributed by atoms with Crippen LogP contribution in [0.5, 0.6) is 17.2 Å². The largest absolute Gasteiger partial charge is 0.497 e. The normalized spacial score (nSPS) is 11.2. The van der Waals surface area contributed by atoms with Crippen LogP contribution in [-0.4, -0.2) is 15.5 Å². The first-order chi connectivity index (χ1) is 9.81. The van der Waals surface area contributed by atoms with Crippen molar-refractivity contribution in [3.8, 4) is 17.2 Å². The standard InChI is InChI=1S/C13H13BrN2O4S/c1-19-8-2-5-12(10(14)6-8)20-13-7-9(21(16,17)18)3-4-11(13)15/h2-7H,15H2,1H3,(H2,16,17,18). The summed E-state index contributed by atoms with van der Waals surface area (Å²) in [4.78, 5) is -0.0728. The van der Waals surface area contributed by atoms with Gasteiger partial charge in [0, 0.05) is 6.07 Å². The molecule has 0 bridgehead atoms. The molecular weight excluding hydrogens is 360 g/mol. The van der Waals surface area contributed by atoms with Crippen molar-refractivity contribution in [3.63, 3.8) is 0 Å². The second-order valence-electron chi connectivity index (χ2n) is 4.14. The number of primary sulfonamides is 1. The summed E-state index contributed by atoms with van der Waals surface area (Å²) < 4.78 is 34.1. The number of hydrogen-bond acceptors (Lipinski definition) is 5. The van der Waals surface area contributed by atoms with Crippen molar-refractivity contribution >= 4 is 31.6 Å². The molecule has 0 amide bonds. The third kappa shape index (κ3) is 3.66. The van der Waals surface area contributed by atoms with Gasteiger partial charge >= 0.3 is 0 Å². The molecule has 0 aromatic heterocycles. The summed E-state index contributed by atoms with van der Waals surface area (Å²) in [7, 11) is -2.27. The molecular formula is C13H13BrN2O4S. The van der Waals surface area contributed by atoms with Crippen molar-refractivity contribution < 1.29 is 17.9 Å². The highest BCUT2D eigenvalue weighted by Gasteiger charge is 2.13. The summed E-state index contributed by atoms with van der Waals surface area (Å²) in [5.74, 6) is 1.32. The van der Waals surface area contributed by atoms with Crippen molar-refractivity contribution in [2.75, 3.05) is 12.8 Å². The van der Waals surface area contributed by atoms with Gasteiger partial charge in [0.1, 0.15) is 11.5 Å². The number of methoxy groups -OCH3 is 1.